The monoisotopic (exact) mass is 406 g/mol. The predicted octanol–water partition coefficient (Wildman–Crippen LogP) is 2.05. The van der Waals surface area contributed by atoms with Crippen LogP contribution in [0.1, 0.15) is 31.1 Å². The van der Waals surface area contributed by atoms with Gasteiger partial charge in [-0.1, -0.05) is 31.1 Å². The lowest BCUT2D eigenvalue weighted by molar-refractivity contribution is -0.117. The van der Waals surface area contributed by atoms with E-state index >= 15 is 0 Å². The van der Waals surface area contributed by atoms with Gasteiger partial charge in [0.15, 0.2) is 5.82 Å². The smallest absolute Gasteiger partial charge is 0.243 e. The van der Waals surface area contributed by atoms with Gasteiger partial charge in [0, 0.05) is 32.2 Å². The van der Waals surface area contributed by atoms with Crippen molar-refractivity contribution in [2.24, 2.45) is 0 Å². The molecule has 0 unspecified atom stereocenters. The number of carbonyl (C=O) groups excluding carboxylic acids is 1. The minimum Gasteiger partial charge on any atom is -0.360 e. The van der Waals surface area contributed by atoms with E-state index in [1.165, 1.54) is 4.31 Å². The van der Waals surface area contributed by atoms with Gasteiger partial charge >= 0.3 is 0 Å². The molecule has 0 aliphatic carbocycles. The molecule has 9 heteroatoms. The topological polar surface area (TPSA) is 95.8 Å². The summed E-state index contributed by atoms with van der Waals surface area (Å²) in [5.74, 6) is 1.16. The molecule has 1 aliphatic heterocycles. The van der Waals surface area contributed by atoms with E-state index in [9.17, 15) is 13.2 Å². The van der Waals surface area contributed by atoms with Crippen LogP contribution in [0.2, 0.25) is 0 Å². The Morgan fingerprint density at radius 3 is 2.36 bits per heavy atom. The molecule has 0 radical (unpaired) electrons. The highest BCUT2D eigenvalue weighted by Crippen LogP contribution is 2.21. The minimum absolute atomic E-state index is 0.183. The van der Waals surface area contributed by atoms with Crippen LogP contribution >= 0.6 is 0 Å². The van der Waals surface area contributed by atoms with Crippen molar-refractivity contribution in [1.29, 1.82) is 0 Å². The molecule has 1 amide bonds. The summed E-state index contributed by atoms with van der Waals surface area (Å²) >= 11 is 0. The Balaban J connectivity index is 1.54. The van der Waals surface area contributed by atoms with E-state index in [-0.39, 0.29) is 12.5 Å². The Bertz CT molecular complexity index is 914. The highest BCUT2D eigenvalue weighted by atomic mass is 32.2. The van der Waals surface area contributed by atoms with Gasteiger partial charge in [-0.05, 0) is 30.5 Å². The normalized spacial score (nSPS) is 16.4. The van der Waals surface area contributed by atoms with E-state index in [1.807, 2.05) is 17.0 Å². The SMILES string of the molecule is Cc1cc(NC(=O)CN2CCN(S(=O)(=O)c3ccc(C(C)C)cc3)CC2)no1. The number of nitrogens with one attached hydrogen (secondary N) is 1. The molecule has 1 saturated heterocycles. The molecule has 2 aromatic rings. The molecule has 0 bridgehead atoms. The number of nitrogens with zero attached hydrogens (tertiary/aromatic N) is 3. The first-order chi connectivity index (χ1) is 13.3. The number of piperazine rings is 1. The van der Waals surface area contributed by atoms with Crippen molar-refractivity contribution >= 4 is 21.7 Å². The van der Waals surface area contributed by atoms with Crippen LogP contribution in [0.4, 0.5) is 5.82 Å². The standard InChI is InChI=1S/C19H26N4O4S/c1-14(2)16-4-6-17(7-5-16)28(25,26)23-10-8-22(9-11-23)13-19(24)20-18-12-15(3)27-21-18/h4-7,12,14H,8-11,13H2,1-3H3,(H,20,21,24). The molecule has 1 aromatic heterocycles. The number of benzene rings is 1. The maximum absolute atomic E-state index is 12.9. The molecule has 28 heavy (non-hydrogen) atoms. The molecule has 1 fully saturated rings. The lowest BCUT2D eigenvalue weighted by atomic mass is 10.0. The van der Waals surface area contributed by atoms with Gasteiger partial charge < -0.3 is 9.84 Å². The van der Waals surface area contributed by atoms with Crippen LogP contribution in [0.15, 0.2) is 39.8 Å². The predicted molar refractivity (Wildman–Crippen MR) is 106 cm³/mol. The van der Waals surface area contributed by atoms with Crippen LogP contribution in [-0.2, 0) is 14.8 Å². The van der Waals surface area contributed by atoms with Crippen molar-refractivity contribution < 1.29 is 17.7 Å². The van der Waals surface area contributed by atoms with Crippen LogP contribution < -0.4 is 5.32 Å². The van der Waals surface area contributed by atoms with Gasteiger partial charge in [0.2, 0.25) is 15.9 Å². The van der Waals surface area contributed by atoms with Crippen LogP contribution in [0, 0.1) is 6.92 Å². The third-order valence-electron chi connectivity index (χ3n) is 4.78. The molecule has 1 aromatic carbocycles. The second-order valence-electron chi connectivity index (χ2n) is 7.27. The Labute approximate surface area is 165 Å². The highest BCUT2D eigenvalue weighted by Gasteiger charge is 2.29. The highest BCUT2D eigenvalue weighted by molar-refractivity contribution is 7.89. The molecule has 0 atom stereocenters. The Kier molecular flexibility index (Phi) is 6.17. The summed E-state index contributed by atoms with van der Waals surface area (Å²) in [6.07, 6.45) is 0. The Morgan fingerprint density at radius 1 is 1.18 bits per heavy atom. The number of rotatable bonds is 6. The fourth-order valence-corrected chi connectivity index (χ4v) is 4.53. The summed E-state index contributed by atoms with van der Waals surface area (Å²) < 4.78 is 32.1. The third-order valence-corrected chi connectivity index (χ3v) is 6.69. The number of hydrogen-bond donors (Lipinski definition) is 1. The van der Waals surface area contributed by atoms with Crippen LogP contribution in [0.25, 0.3) is 0 Å². The molecule has 152 valence electrons. The number of carbonyl (C=O) groups is 1. The summed E-state index contributed by atoms with van der Waals surface area (Å²) in [4.78, 5) is 14.3. The first kappa shape index (κ1) is 20.5. The number of amides is 1. The summed E-state index contributed by atoms with van der Waals surface area (Å²) in [5.41, 5.74) is 1.11. The molecule has 2 heterocycles. The second-order valence-corrected chi connectivity index (χ2v) is 9.21. The van der Waals surface area contributed by atoms with Crippen molar-refractivity contribution in [2.45, 2.75) is 31.6 Å². The van der Waals surface area contributed by atoms with Crippen LogP contribution in [0.5, 0.6) is 0 Å². The van der Waals surface area contributed by atoms with E-state index < -0.39 is 10.0 Å². The number of aromatic nitrogens is 1. The van der Waals surface area contributed by atoms with Crippen molar-refractivity contribution in [3.8, 4) is 0 Å². The van der Waals surface area contributed by atoms with Gasteiger partial charge in [-0.25, -0.2) is 8.42 Å². The van der Waals surface area contributed by atoms with Crippen molar-refractivity contribution in [2.75, 3.05) is 38.0 Å². The number of anilines is 1. The number of aryl methyl sites for hydroxylation is 1. The molecule has 1 aliphatic rings. The average molecular weight is 407 g/mol. The second kappa shape index (κ2) is 8.42. The molecule has 0 saturated carbocycles. The maximum Gasteiger partial charge on any atom is 0.243 e. The van der Waals surface area contributed by atoms with Crippen LogP contribution in [-0.4, -0.2) is 61.4 Å². The summed E-state index contributed by atoms with van der Waals surface area (Å²) in [5, 5.41) is 6.41. The molecule has 3 rings (SSSR count). The maximum atomic E-state index is 12.9. The van der Waals surface area contributed by atoms with Gasteiger partial charge in [-0.3, -0.25) is 9.69 Å². The Morgan fingerprint density at radius 2 is 1.82 bits per heavy atom. The zero-order valence-corrected chi connectivity index (χ0v) is 17.2. The first-order valence-electron chi connectivity index (χ1n) is 9.31. The average Bonchev–Trinajstić information content (AvgIpc) is 3.06. The van der Waals surface area contributed by atoms with E-state index in [2.05, 4.69) is 24.3 Å². The molecular weight excluding hydrogens is 380 g/mol. The van der Waals surface area contributed by atoms with E-state index in [4.69, 9.17) is 4.52 Å². The van der Waals surface area contributed by atoms with Crippen molar-refractivity contribution in [1.82, 2.24) is 14.4 Å². The lowest BCUT2D eigenvalue weighted by Gasteiger charge is -2.33. The number of sulfonamides is 1. The molecule has 8 nitrogen and oxygen atoms in total. The lowest BCUT2D eigenvalue weighted by Crippen LogP contribution is -2.50. The summed E-state index contributed by atoms with van der Waals surface area (Å²) in [7, 11) is -3.52. The summed E-state index contributed by atoms with van der Waals surface area (Å²) in [6, 6.07) is 8.72. The zero-order valence-electron chi connectivity index (χ0n) is 16.4. The van der Waals surface area contributed by atoms with Gasteiger partial charge in [0.25, 0.3) is 0 Å². The molecule has 1 N–H and O–H groups in total. The van der Waals surface area contributed by atoms with E-state index in [0.717, 1.165) is 5.56 Å². The fraction of sp³-hybridized carbons (Fsp3) is 0.474. The van der Waals surface area contributed by atoms with Crippen LogP contribution in [0.3, 0.4) is 0 Å². The number of hydrogen-bond acceptors (Lipinski definition) is 6. The minimum atomic E-state index is -3.52. The quantitative estimate of drug-likeness (QED) is 0.789. The zero-order chi connectivity index (χ0) is 20.3. The van der Waals surface area contributed by atoms with Crippen molar-refractivity contribution in [3.05, 3.63) is 41.7 Å². The third kappa shape index (κ3) is 4.78. The first-order valence-corrected chi connectivity index (χ1v) is 10.8. The molecular formula is C19H26N4O4S. The van der Waals surface area contributed by atoms with Gasteiger partial charge in [0.05, 0.1) is 11.4 Å². The summed E-state index contributed by atoms with van der Waals surface area (Å²) in [6.45, 7) is 7.77. The molecule has 0 spiro atoms. The van der Waals surface area contributed by atoms with Gasteiger partial charge in [-0.15, -0.1) is 0 Å². The van der Waals surface area contributed by atoms with Gasteiger partial charge in [0.1, 0.15) is 5.76 Å². The fourth-order valence-electron chi connectivity index (χ4n) is 3.11. The van der Waals surface area contributed by atoms with Crippen molar-refractivity contribution in [3.63, 3.8) is 0 Å². The van der Waals surface area contributed by atoms with E-state index in [0.29, 0.717) is 48.6 Å². The Hall–Kier alpha value is -2.23. The van der Waals surface area contributed by atoms with E-state index in [1.54, 1.807) is 25.1 Å². The van der Waals surface area contributed by atoms with Gasteiger partial charge in [-0.2, -0.15) is 4.31 Å². The largest absolute Gasteiger partial charge is 0.360 e.